The second-order valence-electron chi connectivity index (χ2n) is 4.61. The molecule has 1 aromatic heterocycles. The summed E-state index contributed by atoms with van der Waals surface area (Å²) in [6.45, 7) is 7.93. The Labute approximate surface area is 109 Å². The van der Waals surface area contributed by atoms with E-state index in [-0.39, 0.29) is 0 Å². The van der Waals surface area contributed by atoms with Gasteiger partial charge in [-0.1, -0.05) is 27.2 Å². The summed E-state index contributed by atoms with van der Waals surface area (Å²) in [5, 5.41) is 7.85. The monoisotopic (exact) mass is 255 g/mol. The number of nitrogens with zero attached hydrogens (tertiary/aromatic N) is 2. The molecule has 0 aliphatic rings. The lowest BCUT2D eigenvalue weighted by atomic mass is 10.0. The van der Waals surface area contributed by atoms with Crippen LogP contribution in [-0.2, 0) is 7.05 Å². The summed E-state index contributed by atoms with van der Waals surface area (Å²) >= 11 is 1.90. The van der Waals surface area contributed by atoms with E-state index in [0.717, 1.165) is 18.2 Å². The summed E-state index contributed by atoms with van der Waals surface area (Å²) in [6, 6.07) is 0.602. The molecule has 98 valence electrons. The summed E-state index contributed by atoms with van der Waals surface area (Å²) < 4.78 is 1.86. The lowest BCUT2D eigenvalue weighted by Crippen LogP contribution is -2.37. The molecule has 0 aliphatic carbocycles. The highest BCUT2D eigenvalue weighted by Crippen LogP contribution is 2.21. The first-order chi connectivity index (χ1) is 8.17. The van der Waals surface area contributed by atoms with Gasteiger partial charge in [-0.25, -0.2) is 0 Å². The predicted octanol–water partition coefficient (Wildman–Crippen LogP) is 2.93. The van der Waals surface area contributed by atoms with Crippen LogP contribution in [0.2, 0.25) is 0 Å². The maximum Gasteiger partial charge on any atom is 0.0625 e. The molecule has 17 heavy (non-hydrogen) atoms. The molecular formula is C13H25N3S. The Morgan fingerprint density at radius 1 is 1.47 bits per heavy atom. The molecule has 0 aromatic carbocycles. The lowest BCUT2D eigenvalue weighted by Gasteiger charge is -2.23. The highest BCUT2D eigenvalue weighted by Gasteiger charge is 2.15. The Bertz CT molecular complexity index is 311. The molecule has 0 bridgehead atoms. The quantitative estimate of drug-likeness (QED) is 0.724. The van der Waals surface area contributed by atoms with Gasteiger partial charge in [0.15, 0.2) is 0 Å². The van der Waals surface area contributed by atoms with Gasteiger partial charge < -0.3 is 5.32 Å². The van der Waals surface area contributed by atoms with Crippen molar-refractivity contribution in [3.63, 3.8) is 0 Å². The topological polar surface area (TPSA) is 29.9 Å². The van der Waals surface area contributed by atoms with Crippen molar-refractivity contribution in [2.75, 3.05) is 12.3 Å². The highest BCUT2D eigenvalue weighted by atomic mass is 32.2. The summed E-state index contributed by atoms with van der Waals surface area (Å²) in [5.41, 5.74) is 0. The van der Waals surface area contributed by atoms with E-state index in [1.54, 1.807) is 0 Å². The molecule has 1 aromatic rings. The molecule has 0 spiro atoms. The van der Waals surface area contributed by atoms with Crippen LogP contribution in [0.1, 0.15) is 33.6 Å². The second kappa shape index (κ2) is 7.77. The van der Waals surface area contributed by atoms with Gasteiger partial charge in [-0.15, -0.1) is 11.8 Å². The van der Waals surface area contributed by atoms with Gasteiger partial charge in [0.2, 0.25) is 0 Å². The Morgan fingerprint density at radius 3 is 2.76 bits per heavy atom. The smallest absolute Gasteiger partial charge is 0.0625 e. The average molecular weight is 255 g/mol. The molecule has 0 saturated carbocycles. The second-order valence-corrected chi connectivity index (χ2v) is 5.70. The van der Waals surface area contributed by atoms with Gasteiger partial charge in [0.1, 0.15) is 0 Å². The SMILES string of the molecule is CCCNC(CSc1cnn(C)c1)C(C)CC. The maximum absolute atomic E-state index is 4.20. The number of hydrogen-bond acceptors (Lipinski definition) is 3. The van der Waals surface area contributed by atoms with Crippen LogP contribution in [0.5, 0.6) is 0 Å². The minimum atomic E-state index is 0.602. The summed E-state index contributed by atoms with van der Waals surface area (Å²) in [6.07, 6.45) is 6.45. The molecule has 2 unspecified atom stereocenters. The van der Waals surface area contributed by atoms with E-state index >= 15 is 0 Å². The van der Waals surface area contributed by atoms with Gasteiger partial charge >= 0.3 is 0 Å². The first kappa shape index (κ1) is 14.6. The highest BCUT2D eigenvalue weighted by molar-refractivity contribution is 7.99. The normalized spacial score (nSPS) is 14.8. The van der Waals surface area contributed by atoms with Crippen molar-refractivity contribution in [2.45, 2.75) is 44.6 Å². The number of hydrogen-bond donors (Lipinski definition) is 1. The van der Waals surface area contributed by atoms with Crippen molar-refractivity contribution in [1.82, 2.24) is 15.1 Å². The fourth-order valence-corrected chi connectivity index (χ4v) is 2.87. The van der Waals surface area contributed by atoms with Gasteiger partial charge in [-0.05, 0) is 18.9 Å². The van der Waals surface area contributed by atoms with E-state index < -0.39 is 0 Å². The van der Waals surface area contributed by atoms with Crippen molar-refractivity contribution in [3.05, 3.63) is 12.4 Å². The Hall–Kier alpha value is -0.480. The van der Waals surface area contributed by atoms with E-state index in [0.29, 0.717) is 6.04 Å². The minimum Gasteiger partial charge on any atom is -0.313 e. The molecule has 0 aliphatic heterocycles. The fourth-order valence-electron chi connectivity index (χ4n) is 1.70. The molecule has 0 saturated heterocycles. The van der Waals surface area contributed by atoms with E-state index in [1.165, 1.54) is 17.7 Å². The molecule has 2 atom stereocenters. The average Bonchev–Trinajstić information content (AvgIpc) is 2.74. The Kier molecular flexibility index (Phi) is 6.66. The predicted molar refractivity (Wildman–Crippen MR) is 75.5 cm³/mol. The standard InChI is InChI=1S/C13H25N3S/c1-5-7-14-13(11(3)6-2)10-17-12-8-15-16(4)9-12/h8-9,11,13-14H,5-7,10H2,1-4H3. The number of nitrogens with one attached hydrogen (secondary N) is 1. The van der Waals surface area contributed by atoms with E-state index in [1.807, 2.05) is 29.7 Å². The van der Waals surface area contributed by atoms with Crippen LogP contribution in [0.3, 0.4) is 0 Å². The van der Waals surface area contributed by atoms with Crippen LogP contribution >= 0.6 is 11.8 Å². The fraction of sp³-hybridized carbons (Fsp3) is 0.769. The van der Waals surface area contributed by atoms with Crippen molar-refractivity contribution in [3.8, 4) is 0 Å². The molecule has 0 radical (unpaired) electrons. The van der Waals surface area contributed by atoms with Crippen LogP contribution in [0.4, 0.5) is 0 Å². The van der Waals surface area contributed by atoms with Crippen molar-refractivity contribution >= 4 is 11.8 Å². The zero-order valence-electron chi connectivity index (χ0n) is 11.4. The number of rotatable bonds is 8. The van der Waals surface area contributed by atoms with Crippen molar-refractivity contribution < 1.29 is 0 Å². The molecule has 0 fully saturated rings. The van der Waals surface area contributed by atoms with Crippen LogP contribution in [0, 0.1) is 5.92 Å². The van der Waals surface area contributed by atoms with Gasteiger partial charge in [0.25, 0.3) is 0 Å². The third-order valence-corrected chi connectivity index (χ3v) is 4.17. The summed E-state index contributed by atoms with van der Waals surface area (Å²) in [4.78, 5) is 1.26. The first-order valence-corrected chi connectivity index (χ1v) is 7.50. The van der Waals surface area contributed by atoms with Gasteiger partial charge in [0, 0.05) is 29.9 Å². The van der Waals surface area contributed by atoms with Crippen LogP contribution in [-0.4, -0.2) is 28.1 Å². The van der Waals surface area contributed by atoms with Gasteiger partial charge in [0.05, 0.1) is 6.20 Å². The van der Waals surface area contributed by atoms with Crippen LogP contribution in [0.15, 0.2) is 17.3 Å². The van der Waals surface area contributed by atoms with Crippen LogP contribution < -0.4 is 5.32 Å². The Balaban J connectivity index is 2.42. The molecule has 1 rings (SSSR count). The molecular weight excluding hydrogens is 230 g/mol. The summed E-state index contributed by atoms with van der Waals surface area (Å²) in [5.74, 6) is 1.85. The number of thioether (sulfide) groups is 1. The first-order valence-electron chi connectivity index (χ1n) is 6.52. The molecule has 3 nitrogen and oxygen atoms in total. The molecule has 4 heteroatoms. The van der Waals surface area contributed by atoms with Crippen molar-refractivity contribution in [1.29, 1.82) is 0 Å². The van der Waals surface area contributed by atoms with Crippen LogP contribution in [0.25, 0.3) is 0 Å². The Morgan fingerprint density at radius 2 is 2.24 bits per heavy atom. The van der Waals surface area contributed by atoms with Gasteiger partial charge in [-0.3, -0.25) is 4.68 Å². The summed E-state index contributed by atoms with van der Waals surface area (Å²) in [7, 11) is 1.96. The largest absolute Gasteiger partial charge is 0.313 e. The van der Waals surface area contributed by atoms with E-state index in [2.05, 4.69) is 37.4 Å². The zero-order valence-corrected chi connectivity index (χ0v) is 12.3. The lowest BCUT2D eigenvalue weighted by molar-refractivity contribution is 0.397. The van der Waals surface area contributed by atoms with Gasteiger partial charge in [-0.2, -0.15) is 5.10 Å². The number of aromatic nitrogens is 2. The molecule has 1 N–H and O–H groups in total. The zero-order chi connectivity index (χ0) is 12.7. The molecule has 1 heterocycles. The number of aryl methyl sites for hydroxylation is 1. The molecule has 0 amide bonds. The van der Waals surface area contributed by atoms with Crippen molar-refractivity contribution in [2.24, 2.45) is 13.0 Å². The third-order valence-electron chi connectivity index (χ3n) is 3.10. The van der Waals surface area contributed by atoms with E-state index in [9.17, 15) is 0 Å². The maximum atomic E-state index is 4.20. The third kappa shape index (κ3) is 5.13. The minimum absolute atomic E-state index is 0.602. The van der Waals surface area contributed by atoms with E-state index in [4.69, 9.17) is 0 Å².